The molecule has 0 aromatic heterocycles. The van der Waals surface area contributed by atoms with Gasteiger partial charge in [0.25, 0.3) is 0 Å². The monoisotopic (exact) mass is 497 g/mol. The maximum atomic E-state index is 14.0. The largest absolute Gasteiger partial charge is 0.347 e. The first-order valence-corrected chi connectivity index (χ1v) is 13.1. The summed E-state index contributed by atoms with van der Waals surface area (Å²) in [6, 6.07) is 6.16. The van der Waals surface area contributed by atoms with Crippen molar-refractivity contribution >= 4 is 23.6 Å². The zero-order valence-electron chi connectivity index (χ0n) is 21.8. The molecule has 2 fully saturated rings. The lowest BCUT2D eigenvalue weighted by atomic mass is 9.87. The highest BCUT2D eigenvalue weighted by molar-refractivity contribution is 5.94. The summed E-state index contributed by atoms with van der Waals surface area (Å²) in [7, 11) is 1.69. The average Bonchev–Trinajstić information content (AvgIpc) is 3.21. The van der Waals surface area contributed by atoms with Gasteiger partial charge in [-0.05, 0) is 77.0 Å². The normalized spacial score (nSPS) is 28.9. The molecule has 2 heterocycles. The number of likely N-dealkylation sites (N-methyl/N-ethyl adjacent to an activating group) is 1. The molecule has 2 saturated heterocycles. The second-order valence-electron chi connectivity index (χ2n) is 10.5. The fraction of sp³-hybridized carbons (Fsp3) is 0.630. The van der Waals surface area contributed by atoms with E-state index in [1.165, 1.54) is 12.5 Å². The summed E-state index contributed by atoms with van der Waals surface area (Å²) in [6.07, 6.45) is 4.79. The van der Waals surface area contributed by atoms with Crippen molar-refractivity contribution in [1.82, 2.24) is 25.8 Å². The van der Waals surface area contributed by atoms with Gasteiger partial charge in [-0.25, -0.2) is 0 Å². The number of rotatable bonds is 5. The Bertz CT molecular complexity index is 1030. The van der Waals surface area contributed by atoms with Crippen molar-refractivity contribution in [3.8, 4) is 0 Å². The molecule has 36 heavy (non-hydrogen) atoms. The number of carbonyl (C=O) groups excluding carboxylic acids is 4. The van der Waals surface area contributed by atoms with Crippen LogP contribution >= 0.6 is 0 Å². The van der Waals surface area contributed by atoms with Gasteiger partial charge >= 0.3 is 0 Å². The van der Waals surface area contributed by atoms with Crippen molar-refractivity contribution in [3.05, 3.63) is 35.4 Å². The number of amides is 4. The van der Waals surface area contributed by atoms with Crippen molar-refractivity contribution in [1.29, 1.82) is 0 Å². The van der Waals surface area contributed by atoms with Crippen LogP contribution in [-0.2, 0) is 25.6 Å². The van der Waals surface area contributed by atoms with Crippen LogP contribution in [0.25, 0.3) is 0 Å². The van der Waals surface area contributed by atoms with Crippen molar-refractivity contribution in [3.63, 3.8) is 0 Å². The van der Waals surface area contributed by atoms with Crippen molar-refractivity contribution in [2.75, 3.05) is 13.6 Å². The van der Waals surface area contributed by atoms with Gasteiger partial charge < -0.3 is 25.8 Å². The van der Waals surface area contributed by atoms with Crippen LogP contribution in [0, 0.1) is 0 Å². The van der Waals surface area contributed by atoms with Crippen LogP contribution in [0.5, 0.6) is 0 Å². The maximum Gasteiger partial charge on any atom is 0.247 e. The molecule has 3 aliphatic rings. The minimum Gasteiger partial charge on any atom is -0.347 e. The van der Waals surface area contributed by atoms with Crippen LogP contribution in [0.15, 0.2) is 24.3 Å². The molecule has 0 saturated carbocycles. The molecule has 9 nitrogen and oxygen atoms in total. The van der Waals surface area contributed by atoms with E-state index >= 15 is 0 Å². The summed E-state index contributed by atoms with van der Waals surface area (Å²) in [5.41, 5.74) is 1.46. The summed E-state index contributed by atoms with van der Waals surface area (Å²) in [4.78, 5) is 56.3. The highest BCUT2D eigenvalue weighted by Crippen LogP contribution is 2.40. The van der Waals surface area contributed by atoms with E-state index in [2.05, 4.69) is 28.1 Å². The van der Waals surface area contributed by atoms with Crippen LogP contribution in [0.1, 0.15) is 76.5 Å². The predicted octanol–water partition coefficient (Wildman–Crippen LogP) is 1.62. The van der Waals surface area contributed by atoms with Crippen molar-refractivity contribution in [2.45, 2.75) is 95.5 Å². The number of fused-ring (bicyclic) bond motifs is 2. The maximum absolute atomic E-state index is 14.0. The fourth-order valence-electron chi connectivity index (χ4n) is 6.12. The van der Waals surface area contributed by atoms with E-state index in [0.717, 1.165) is 24.8 Å². The van der Waals surface area contributed by atoms with Gasteiger partial charge in [0.1, 0.15) is 17.7 Å². The van der Waals surface area contributed by atoms with E-state index in [0.29, 0.717) is 32.2 Å². The second kappa shape index (κ2) is 10.6. The van der Waals surface area contributed by atoms with E-state index in [1.54, 1.807) is 23.8 Å². The third-order valence-electron chi connectivity index (χ3n) is 8.23. The highest BCUT2D eigenvalue weighted by Gasteiger charge is 2.54. The molecular formula is C27H39N5O4. The average molecular weight is 498 g/mol. The standard InChI is InChI=1S/C27H39N5O4/c1-17(28-4)24(34)30-22-13-8-16-31(18(2)33)27(3)15-14-23(32(27)26(22)36)25(35)29-21-12-7-10-19-9-5-6-11-20(19)21/h5-6,9,11,17,21-23,28H,7-8,10,12-16H2,1-4H3,(H,29,35)(H,30,34)/t17-,21?,22-,23+,27?/m0/s1. The molecule has 2 unspecified atom stereocenters. The van der Waals surface area contributed by atoms with Crippen LogP contribution in [0.2, 0.25) is 0 Å². The summed E-state index contributed by atoms with van der Waals surface area (Å²) in [5, 5.41) is 9.00. The molecule has 4 amide bonds. The Morgan fingerprint density at radius 3 is 2.50 bits per heavy atom. The number of aryl methyl sites for hydroxylation is 1. The van der Waals surface area contributed by atoms with Gasteiger partial charge in [0.15, 0.2) is 0 Å². The van der Waals surface area contributed by atoms with Crippen LogP contribution in [0.4, 0.5) is 0 Å². The number of hydrogen-bond acceptors (Lipinski definition) is 5. The molecule has 9 heteroatoms. The van der Waals surface area contributed by atoms with E-state index < -0.39 is 23.8 Å². The molecule has 4 rings (SSSR count). The predicted molar refractivity (Wildman–Crippen MR) is 136 cm³/mol. The summed E-state index contributed by atoms with van der Waals surface area (Å²) in [6.45, 7) is 5.58. The molecule has 2 aliphatic heterocycles. The number of benzene rings is 1. The van der Waals surface area contributed by atoms with Gasteiger partial charge in [-0.15, -0.1) is 0 Å². The van der Waals surface area contributed by atoms with E-state index in [1.807, 2.05) is 19.1 Å². The zero-order chi connectivity index (χ0) is 26.0. The molecule has 1 aromatic rings. The molecule has 196 valence electrons. The van der Waals surface area contributed by atoms with E-state index in [-0.39, 0.29) is 29.7 Å². The van der Waals surface area contributed by atoms with Crippen LogP contribution in [-0.4, -0.2) is 70.8 Å². The van der Waals surface area contributed by atoms with Crippen molar-refractivity contribution in [2.24, 2.45) is 0 Å². The molecular weight excluding hydrogens is 458 g/mol. The summed E-state index contributed by atoms with van der Waals surface area (Å²) < 4.78 is 0. The first-order chi connectivity index (χ1) is 17.2. The lowest BCUT2D eigenvalue weighted by molar-refractivity contribution is -0.162. The van der Waals surface area contributed by atoms with Gasteiger partial charge in [-0.1, -0.05) is 24.3 Å². The Balaban J connectivity index is 1.62. The number of nitrogens with zero attached hydrogens (tertiary/aromatic N) is 2. The molecule has 0 bridgehead atoms. The fourth-order valence-corrected chi connectivity index (χ4v) is 6.12. The summed E-state index contributed by atoms with van der Waals surface area (Å²) in [5.74, 6) is -0.891. The van der Waals surface area contributed by atoms with Gasteiger partial charge in [0.05, 0.1) is 12.1 Å². The molecule has 1 aromatic carbocycles. The van der Waals surface area contributed by atoms with Crippen LogP contribution < -0.4 is 16.0 Å². The molecule has 1 aliphatic carbocycles. The number of hydrogen-bond donors (Lipinski definition) is 3. The third kappa shape index (κ3) is 4.85. The summed E-state index contributed by atoms with van der Waals surface area (Å²) >= 11 is 0. The lowest BCUT2D eigenvalue weighted by Crippen LogP contribution is -2.67. The Labute approximate surface area is 213 Å². The Morgan fingerprint density at radius 1 is 1.06 bits per heavy atom. The quantitative estimate of drug-likeness (QED) is 0.573. The van der Waals surface area contributed by atoms with Crippen LogP contribution in [0.3, 0.4) is 0 Å². The molecule has 3 N–H and O–H groups in total. The molecule has 5 atom stereocenters. The number of nitrogens with one attached hydrogen (secondary N) is 3. The lowest BCUT2D eigenvalue weighted by Gasteiger charge is -2.48. The Hall–Kier alpha value is -2.94. The Kier molecular flexibility index (Phi) is 7.68. The smallest absolute Gasteiger partial charge is 0.247 e. The second-order valence-corrected chi connectivity index (χ2v) is 10.5. The minimum atomic E-state index is -0.923. The Morgan fingerprint density at radius 2 is 1.78 bits per heavy atom. The third-order valence-corrected chi connectivity index (χ3v) is 8.23. The zero-order valence-corrected chi connectivity index (χ0v) is 21.8. The van der Waals surface area contributed by atoms with Gasteiger partial charge in [0, 0.05) is 13.5 Å². The first kappa shape index (κ1) is 26.1. The van der Waals surface area contributed by atoms with Gasteiger partial charge in [-0.3, -0.25) is 19.2 Å². The number of carbonyl (C=O) groups is 4. The van der Waals surface area contributed by atoms with Crippen molar-refractivity contribution < 1.29 is 19.2 Å². The highest BCUT2D eigenvalue weighted by atomic mass is 16.2. The minimum absolute atomic E-state index is 0.102. The SMILES string of the molecule is CN[C@@H](C)C(=O)N[C@H]1CCCN(C(C)=O)C2(C)CC[C@H](C(=O)NC3CCCc4ccccc43)N2C1=O. The molecule has 0 radical (unpaired) electrons. The van der Waals surface area contributed by atoms with E-state index in [4.69, 9.17) is 0 Å². The topological polar surface area (TPSA) is 111 Å². The van der Waals surface area contributed by atoms with Gasteiger partial charge in [0.2, 0.25) is 23.6 Å². The molecule has 0 spiro atoms. The first-order valence-electron chi connectivity index (χ1n) is 13.1. The van der Waals surface area contributed by atoms with Gasteiger partial charge in [-0.2, -0.15) is 0 Å². The van der Waals surface area contributed by atoms with E-state index in [9.17, 15) is 19.2 Å².